The molecule has 0 atom stereocenters. The van der Waals surface area contributed by atoms with Gasteiger partial charge in [0.15, 0.2) is 6.11 Å². The zero-order chi connectivity index (χ0) is 5.91. The van der Waals surface area contributed by atoms with Gasteiger partial charge in [-0.15, -0.1) is 0 Å². The van der Waals surface area contributed by atoms with E-state index >= 15 is 0 Å². The van der Waals surface area contributed by atoms with Crippen LogP contribution in [0.1, 0.15) is 0 Å². The van der Waals surface area contributed by atoms with Crippen LogP contribution in [0, 0.1) is 12.0 Å². The lowest BCUT2D eigenvalue weighted by Crippen LogP contribution is -1.94. The van der Waals surface area contributed by atoms with Crippen LogP contribution >= 0.6 is 34.8 Å². The monoisotopic (exact) mass is 157 g/mol. The Kier molecular flexibility index (Phi) is 2.60. The van der Waals surface area contributed by atoms with E-state index in [1.165, 1.54) is 6.11 Å². The Balaban J connectivity index is 3.72. The fraction of sp³-hybridized carbons (Fsp3) is 0.333. The molecule has 0 bridgehead atoms. The maximum absolute atomic E-state index is 9.33. The van der Waals surface area contributed by atoms with Gasteiger partial charge < -0.3 is 0 Å². The highest BCUT2D eigenvalue weighted by atomic mass is 35.6. The van der Waals surface area contributed by atoms with Crippen molar-refractivity contribution in [2.75, 3.05) is 0 Å². The van der Waals surface area contributed by atoms with Crippen molar-refractivity contribution in [3.8, 4) is 12.0 Å². The minimum Gasteiger partial charge on any atom is -0.224 e. The zero-order valence-electron chi connectivity index (χ0n) is 3.04. The first-order chi connectivity index (χ1) is 3.06. The van der Waals surface area contributed by atoms with Crippen LogP contribution in [0.2, 0.25) is 0 Å². The van der Waals surface area contributed by atoms with Crippen LogP contribution in [-0.2, 0) is 5.11 Å². The van der Waals surface area contributed by atoms with Gasteiger partial charge >= 0.3 is 0 Å². The number of rotatable bonds is 0. The van der Waals surface area contributed by atoms with E-state index in [4.69, 9.17) is 34.8 Å². The molecule has 0 spiro atoms. The van der Waals surface area contributed by atoms with Crippen LogP contribution in [0.25, 0.3) is 0 Å². The molecular weight excluding hydrogens is 158 g/mol. The van der Waals surface area contributed by atoms with Crippen molar-refractivity contribution in [3.05, 3.63) is 0 Å². The average Bonchev–Trinajstić information content (AvgIpc) is 1.30. The molecule has 7 heavy (non-hydrogen) atoms. The van der Waals surface area contributed by atoms with Gasteiger partial charge in [-0.3, -0.25) is 0 Å². The van der Waals surface area contributed by atoms with Gasteiger partial charge in [-0.05, 0) is 0 Å². The minimum absolute atomic E-state index is 1.21. The molecule has 0 aromatic heterocycles. The summed E-state index contributed by atoms with van der Waals surface area (Å²) < 4.78 is -1.71. The average molecular weight is 158 g/mol. The van der Waals surface area contributed by atoms with Crippen LogP contribution in [0.4, 0.5) is 0 Å². The van der Waals surface area contributed by atoms with Gasteiger partial charge in [0.2, 0.25) is 0 Å². The molecule has 1 nitrogen and oxygen atoms in total. The minimum atomic E-state index is -1.71. The zero-order valence-corrected chi connectivity index (χ0v) is 5.31. The molecular formula is C3Cl3O. The third kappa shape index (κ3) is 6.23. The molecule has 0 rings (SSSR count). The molecule has 0 aliphatic rings. The molecule has 39 valence electrons. The smallest absolute Gasteiger partial charge is 0.224 e. The highest BCUT2D eigenvalue weighted by Crippen LogP contribution is 2.23. The van der Waals surface area contributed by atoms with Crippen molar-refractivity contribution in [2.45, 2.75) is 3.79 Å². The first kappa shape index (κ1) is 7.23. The summed E-state index contributed by atoms with van der Waals surface area (Å²) in [5, 5.41) is 9.33. The van der Waals surface area contributed by atoms with Gasteiger partial charge in [-0.1, -0.05) is 34.8 Å². The molecule has 0 aliphatic carbocycles. The molecule has 0 amide bonds. The van der Waals surface area contributed by atoms with Crippen LogP contribution < -0.4 is 0 Å². The standard InChI is InChI=1S/C3Cl3O/c4-3(5,6)1-2-7. The Morgan fingerprint density at radius 2 is 1.71 bits per heavy atom. The van der Waals surface area contributed by atoms with Gasteiger partial charge in [0, 0.05) is 5.92 Å². The number of halogens is 3. The molecule has 0 saturated carbocycles. The van der Waals surface area contributed by atoms with E-state index in [0.29, 0.717) is 0 Å². The van der Waals surface area contributed by atoms with Crippen molar-refractivity contribution in [3.63, 3.8) is 0 Å². The molecule has 0 N–H and O–H groups in total. The van der Waals surface area contributed by atoms with E-state index in [9.17, 15) is 5.11 Å². The van der Waals surface area contributed by atoms with Crippen molar-refractivity contribution in [1.82, 2.24) is 0 Å². The molecule has 0 aliphatic heterocycles. The maximum atomic E-state index is 9.33. The van der Waals surface area contributed by atoms with Crippen LogP contribution in [0.3, 0.4) is 0 Å². The molecule has 0 fully saturated rings. The lowest BCUT2D eigenvalue weighted by molar-refractivity contribution is 0.391. The molecule has 0 unspecified atom stereocenters. The topological polar surface area (TPSA) is 19.9 Å². The van der Waals surface area contributed by atoms with Crippen LogP contribution in [0.15, 0.2) is 0 Å². The Bertz CT molecular complexity index is 104. The SMILES string of the molecule is [O]C#CC(Cl)(Cl)Cl. The second-order valence-corrected chi connectivity index (χ2v) is 3.01. The summed E-state index contributed by atoms with van der Waals surface area (Å²) in [4.78, 5) is 0. The van der Waals surface area contributed by atoms with Gasteiger partial charge in [0.05, 0.1) is 0 Å². The highest BCUT2D eigenvalue weighted by molar-refractivity contribution is 6.69. The van der Waals surface area contributed by atoms with Crippen molar-refractivity contribution >= 4 is 34.8 Å². The van der Waals surface area contributed by atoms with Gasteiger partial charge in [-0.2, -0.15) is 0 Å². The van der Waals surface area contributed by atoms with E-state index < -0.39 is 3.79 Å². The predicted molar refractivity (Wildman–Crippen MR) is 28.8 cm³/mol. The van der Waals surface area contributed by atoms with Gasteiger partial charge in [0.25, 0.3) is 3.79 Å². The third-order valence-electron chi connectivity index (χ3n) is 0.193. The first-order valence-corrected chi connectivity index (χ1v) is 2.40. The van der Waals surface area contributed by atoms with Gasteiger partial charge in [-0.25, -0.2) is 5.11 Å². The Morgan fingerprint density at radius 1 is 1.29 bits per heavy atom. The summed E-state index contributed by atoms with van der Waals surface area (Å²) in [7, 11) is 0. The Hall–Kier alpha value is 0.230. The predicted octanol–water partition coefficient (Wildman–Crippen LogP) is 1.75. The molecule has 1 radical (unpaired) electrons. The van der Waals surface area contributed by atoms with Crippen molar-refractivity contribution in [2.24, 2.45) is 0 Å². The summed E-state index contributed by atoms with van der Waals surface area (Å²) in [6, 6.07) is 0. The molecule has 0 saturated heterocycles. The molecule has 0 aromatic rings. The maximum Gasteiger partial charge on any atom is 0.255 e. The number of alkyl halides is 3. The summed E-state index contributed by atoms with van der Waals surface area (Å²) in [5.74, 6) is 1.78. The molecule has 0 heterocycles. The van der Waals surface area contributed by atoms with E-state index in [-0.39, 0.29) is 0 Å². The van der Waals surface area contributed by atoms with E-state index in [1.54, 1.807) is 5.92 Å². The molecule has 4 heteroatoms. The quantitative estimate of drug-likeness (QED) is 0.378. The van der Waals surface area contributed by atoms with E-state index in [0.717, 1.165) is 0 Å². The number of hydrogen-bond acceptors (Lipinski definition) is 0. The second-order valence-electron chi connectivity index (χ2n) is 0.725. The first-order valence-electron chi connectivity index (χ1n) is 1.27. The van der Waals surface area contributed by atoms with Crippen LogP contribution in [-0.4, -0.2) is 3.79 Å². The van der Waals surface area contributed by atoms with Crippen molar-refractivity contribution in [1.29, 1.82) is 0 Å². The lowest BCUT2D eigenvalue weighted by Gasteiger charge is -1.93. The number of hydrogen-bond donors (Lipinski definition) is 0. The summed E-state index contributed by atoms with van der Waals surface area (Å²) in [6.45, 7) is 0. The summed E-state index contributed by atoms with van der Waals surface area (Å²) >= 11 is 15.0. The van der Waals surface area contributed by atoms with E-state index in [1.807, 2.05) is 0 Å². The Morgan fingerprint density at radius 3 is 1.71 bits per heavy atom. The normalized spacial score (nSPS) is 9.57. The second kappa shape index (κ2) is 2.52. The van der Waals surface area contributed by atoms with Crippen molar-refractivity contribution < 1.29 is 5.11 Å². The van der Waals surface area contributed by atoms with Crippen LogP contribution in [0.5, 0.6) is 0 Å². The largest absolute Gasteiger partial charge is 0.255 e. The summed E-state index contributed by atoms with van der Waals surface area (Å²) in [5.41, 5.74) is 0. The summed E-state index contributed by atoms with van der Waals surface area (Å²) in [6.07, 6.45) is 1.21. The fourth-order valence-electron chi connectivity index (χ4n) is 0.0579. The van der Waals surface area contributed by atoms with E-state index in [2.05, 4.69) is 0 Å². The third-order valence-corrected chi connectivity index (χ3v) is 0.476. The van der Waals surface area contributed by atoms with Gasteiger partial charge in [0.1, 0.15) is 0 Å². The molecule has 0 aromatic carbocycles. The Labute approximate surface area is 56.2 Å². The fourth-order valence-corrected chi connectivity index (χ4v) is 0.174. The lowest BCUT2D eigenvalue weighted by atomic mass is 10.8. The highest BCUT2D eigenvalue weighted by Gasteiger charge is 2.14.